The molecular weight excluding hydrogens is 288 g/mol. The zero-order chi connectivity index (χ0) is 15.7. The first kappa shape index (κ1) is 14.7. The first-order valence-electron chi connectivity index (χ1n) is 9.49. The van der Waals surface area contributed by atoms with Gasteiger partial charge in [0.1, 0.15) is 0 Å². The summed E-state index contributed by atoms with van der Waals surface area (Å²) in [4.78, 5) is 0. The van der Waals surface area contributed by atoms with Gasteiger partial charge in [-0.15, -0.1) is 0 Å². The molecule has 4 aliphatic carbocycles. The normalized spacial score (nSPS) is 44.8. The average Bonchev–Trinajstić information content (AvgIpc) is 3.12. The summed E-state index contributed by atoms with van der Waals surface area (Å²) < 4.78 is 11.9. The Hall–Kier alpha value is -0.640. The van der Waals surface area contributed by atoms with E-state index < -0.39 is 0 Å². The molecular formula is C20H28O3. The highest BCUT2D eigenvalue weighted by molar-refractivity contribution is 5.44. The number of aliphatic hydroxyl groups excluding tert-OH is 1. The van der Waals surface area contributed by atoms with Crippen LogP contribution < -0.4 is 0 Å². The highest BCUT2D eigenvalue weighted by Crippen LogP contribution is 2.59. The van der Waals surface area contributed by atoms with Crippen LogP contribution >= 0.6 is 0 Å². The van der Waals surface area contributed by atoms with Gasteiger partial charge in [-0.05, 0) is 61.5 Å². The fourth-order valence-corrected chi connectivity index (χ4v) is 6.27. The van der Waals surface area contributed by atoms with Crippen LogP contribution in [0.2, 0.25) is 0 Å². The van der Waals surface area contributed by atoms with E-state index in [0.29, 0.717) is 11.8 Å². The third-order valence-corrected chi connectivity index (χ3v) is 7.59. The predicted molar refractivity (Wildman–Crippen MR) is 87.8 cm³/mol. The zero-order valence-electron chi connectivity index (χ0n) is 14.1. The second-order valence-corrected chi connectivity index (χ2v) is 8.58. The van der Waals surface area contributed by atoms with Gasteiger partial charge in [-0.25, -0.2) is 0 Å². The minimum Gasteiger partial charge on any atom is -0.393 e. The van der Waals surface area contributed by atoms with E-state index in [1.807, 2.05) is 0 Å². The minimum absolute atomic E-state index is 0.101. The van der Waals surface area contributed by atoms with E-state index in [4.69, 9.17) is 9.47 Å². The summed E-state index contributed by atoms with van der Waals surface area (Å²) in [7, 11) is 0. The summed E-state index contributed by atoms with van der Waals surface area (Å²) in [6, 6.07) is 0. The van der Waals surface area contributed by atoms with E-state index in [0.717, 1.165) is 45.3 Å². The Morgan fingerprint density at radius 3 is 2.78 bits per heavy atom. The fraction of sp³-hybridized carbons (Fsp3) is 0.800. The molecule has 3 nitrogen and oxygen atoms in total. The number of hydrogen-bond donors (Lipinski definition) is 1. The minimum atomic E-state index is -0.293. The molecule has 1 spiro atoms. The Bertz CT molecular complexity index is 584. The van der Waals surface area contributed by atoms with Crippen molar-refractivity contribution in [3.63, 3.8) is 0 Å². The van der Waals surface area contributed by atoms with Gasteiger partial charge in [0, 0.05) is 18.3 Å². The monoisotopic (exact) mass is 316 g/mol. The van der Waals surface area contributed by atoms with Crippen molar-refractivity contribution >= 4 is 0 Å². The Kier molecular flexibility index (Phi) is 3.15. The first-order chi connectivity index (χ1) is 11.1. The van der Waals surface area contributed by atoms with Crippen LogP contribution in [0.5, 0.6) is 0 Å². The van der Waals surface area contributed by atoms with Crippen molar-refractivity contribution in [1.82, 2.24) is 0 Å². The summed E-state index contributed by atoms with van der Waals surface area (Å²) in [5.41, 5.74) is 4.99. The molecule has 0 unspecified atom stereocenters. The number of rotatable bonds is 0. The summed E-state index contributed by atoms with van der Waals surface area (Å²) in [6.07, 6.45) is 11.2. The fourth-order valence-electron chi connectivity index (χ4n) is 6.27. The molecule has 2 fully saturated rings. The topological polar surface area (TPSA) is 38.7 Å². The van der Waals surface area contributed by atoms with Crippen molar-refractivity contribution in [1.29, 1.82) is 0 Å². The van der Waals surface area contributed by atoms with Crippen LogP contribution in [-0.2, 0) is 9.47 Å². The van der Waals surface area contributed by atoms with E-state index in [2.05, 4.69) is 13.0 Å². The zero-order valence-corrected chi connectivity index (χ0v) is 14.1. The third-order valence-electron chi connectivity index (χ3n) is 7.59. The molecule has 4 atom stereocenters. The summed E-state index contributed by atoms with van der Waals surface area (Å²) in [5, 5.41) is 10.5. The van der Waals surface area contributed by atoms with Crippen LogP contribution in [0.25, 0.3) is 0 Å². The lowest BCUT2D eigenvalue weighted by atomic mass is 9.58. The number of hydrogen-bond acceptors (Lipinski definition) is 3. The van der Waals surface area contributed by atoms with Gasteiger partial charge in [-0.1, -0.05) is 18.6 Å². The largest absolute Gasteiger partial charge is 0.393 e. The van der Waals surface area contributed by atoms with Gasteiger partial charge in [0.25, 0.3) is 0 Å². The van der Waals surface area contributed by atoms with Crippen LogP contribution in [-0.4, -0.2) is 30.2 Å². The van der Waals surface area contributed by atoms with Crippen LogP contribution in [0.15, 0.2) is 22.8 Å². The smallest absolute Gasteiger partial charge is 0.172 e. The highest BCUT2D eigenvalue weighted by atomic mass is 16.7. The maximum Gasteiger partial charge on any atom is 0.172 e. The molecule has 1 N–H and O–H groups in total. The molecule has 0 aromatic heterocycles. The summed E-state index contributed by atoms with van der Waals surface area (Å²) in [5.74, 6) is 1.07. The van der Waals surface area contributed by atoms with Gasteiger partial charge in [0.05, 0.1) is 19.3 Å². The lowest BCUT2D eigenvalue weighted by Gasteiger charge is -2.48. The SMILES string of the molecule is C[C@]12CC=C3C4=C(CC[C@H]3[C@@H]1CC[C@@H]2O)CC1(CC4)OCCO1. The lowest BCUT2D eigenvalue weighted by Crippen LogP contribution is -2.42. The van der Waals surface area contributed by atoms with Crippen LogP contribution in [0.1, 0.15) is 58.3 Å². The first-order valence-corrected chi connectivity index (χ1v) is 9.49. The number of fused-ring (bicyclic) bond motifs is 4. The van der Waals surface area contributed by atoms with Crippen LogP contribution in [0.4, 0.5) is 0 Å². The Morgan fingerprint density at radius 2 is 1.96 bits per heavy atom. The van der Waals surface area contributed by atoms with E-state index in [1.54, 1.807) is 16.7 Å². The molecule has 1 heterocycles. The molecule has 126 valence electrons. The van der Waals surface area contributed by atoms with Gasteiger partial charge in [0.2, 0.25) is 0 Å². The lowest BCUT2D eigenvalue weighted by molar-refractivity contribution is -0.164. The van der Waals surface area contributed by atoms with Gasteiger partial charge in [-0.2, -0.15) is 0 Å². The Labute approximate surface area is 138 Å². The number of aliphatic hydroxyl groups is 1. The molecule has 0 aromatic carbocycles. The standard InChI is InChI=1S/C20H28O3/c1-19-8-6-15-14-7-9-20(22-10-11-23-20)12-13(14)2-3-16(15)17(19)4-5-18(19)21/h6,16-18,21H,2-5,7-12H2,1H3/t16-,17+,18+,19+/m1/s1. The van der Waals surface area contributed by atoms with Gasteiger partial charge in [0.15, 0.2) is 5.79 Å². The van der Waals surface area contributed by atoms with Crippen LogP contribution in [0.3, 0.4) is 0 Å². The molecule has 1 saturated carbocycles. The molecule has 5 aliphatic rings. The van der Waals surface area contributed by atoms with E-state index in [-0.39, 0.29) is 17.3 Å². The van der Waals surface area contributed by atoms with E-state index in [1.165, 1.54) is 19.3 Å². The molecule has 5 rings (SSSR count). The van der Waals surface area contributed by atoms with Crippen molar-refractivity contribution in [3.8, 4) is 0 Å². The van der Waals surface area contributed by atoms with Crippen molar-refractivity contribution in [2.24, 2.45) is 17.3 Å². The molecule has 0 aromatic rings. The molecule has 1 aliphatic heterocycles. The summed E-state index contributed by atoms with van der Waals surface area (Å²) in [6.45, 7) is 3.83. The van der Waals surface area contributed by atoms with Crippen molar-refractivity contribution in [3.05, 3.63) is 22.8 Å². The molecule has 23 heavy (non-hydrogen) atoms. The Balaban J connectivity index is 1.48. The third kappa shape index (κ3) is 1.99. The molecule has 0 amide bonds. The molecule has 1 saturated heterocycles. The maximum atomic E-state index is 10.5. The highest BCUT2D eigenvalue weighted by Gasteiger charge is 2.53. The van der Waals surface area contributed by atoms with E-state index >= 15 is 0 Å². The quantitative estimate of drug-likeness (QED) is 0.740. The van der Waals surface area contributed by atoms with Crippen molar-refractivity contribution in [2.45, 2.75) is 70.2 Å². The van der Waals surface area contributed by atoms with E-state index in [9.17, 15) is 5.11 Å². The molecule has 0 bridgehead atoms. The molecule has 0 radical (unpaired) electrons. The summed E-state index contributed by atoms with van der Waals surface area (Å²) >= 11 is 0. The van der Waals surface area contributed by atoms with Gasteiger partial charge < -0.3 is 14.6 Å². The Morgan fingerprint density at radius 1 is 1.13 bits per heavy atom. The number of ether oxygens (including phenoxy) is 2. The number of allylic oxidation sites excluding steroid dienone is 3. The van der Waals surface area contributed by atoms with Gasteiger partial charge in [-0.3, -0.25) is 0 Å². The second-order valence-electron chi connectivity index (χ2n) is 8.58. The molecule has 3 heteroatoms. The second kappa shape index (κ2) is 4.93. The van der Waals surface area contributed by atoms with Crippen molar-refractivity contribution < 1.29 is 14.6 Å². The van der Waals surface area contributed by atoms with Gasteiger partial charge >= 0.3 is 0 Å². The predicted octanol–water partition coefficient (Wildman–Crippen LogP) is 3.73. The van der Waals surface area contributed by atoms with Crippen molar-refractivity contribution in [2.75, 3.05) is 13.2 Å². The maximum absolute atomic E-state index is 10.5. The average molecular weight is 316 g/mol. The van der Waals surface area contributed by atoms with Crippen LogP contribution in [0, 0.1) is 17.3 Å².